The van der Waals surface area contributed by atoms with Crippen molar-refractivity contribution in [1.29, 1.82) is 0 Å². The molecular weight excluding hydrogens is 362 g/mol. The summed E-state index contributed by atoms with van der Waals surface area (Å²) in [5.41, 5.74) is 7.27. The van der Waals surface area contributed by atoms with Gasteiger partial charge in [0.15, 0.2) is 5.65 Å². The van der Waals surface area contributed by atoms with Crippen molar-refractivity contribution in [3.63, 3.8) is 0 Å². The van der Waals surface area contributed by atoms with Crippen LogP contribution < -0.4 is 10.2 Å². The van der Waals surface area contributed by atoms with E-state index in [0.717, 1.165) is 60.3 Å². The Hall–Kier alpha value is -3.38. The summed E-state index contributed by atoms with van der Waals surface area (Å²) < 4.78 is 7.53. The molecule has 0 bridgehead atoms. The van der Waals surface area contributed by atoms with Gasteiger partial charge in [-0.1, -0.05) is 0 Å². The van der Waals surface area contributed by atoms with Crippen LogP contribution in [0, 0.1) is 6.92 Å². The van der Waals surface area contributed by atoms with Crippen LogP contribution in [0.1, 0.15) is 5.69 Å². The van der Waals surface area contributed by atoms with Crippen molar-refractivity contribution < 1.29 is 4.74 Å². The van der Waals surface area contributed by atoms with Crippen LogP contribution in [-0.2, 0) is 4.74 Å². The Balaban J connectivity index is 1.42. The van der Waals surface area contributed by atoms with Crippen molar-refractivity contribution in [2.45, 2.75) is 6.92 Å². The van der Waals surface area contributed by atoms with Gasteiger partial charge in [-0.25, -0.2) is 4.98 Å². The number of nitrogens with zero attached hydrogens (tertiary/aromatic N) is 4. The monoisotopic (exact) mass is 385 g/mol. The summed E-state index contributed by atoms with van der Waals surface area (Å²) in [5.74, 6) is 0. The second-order valence-electron chi connectivity index (χ2n) is 7.21. The molecule has 5 rings (SSSR count). The lowest BCUT2D eigenvalue weighted by Crippen LogP contribution is -2.36. The third-order valence-electron chi connectivity index (χ3n) is 5.28. The molecule has 0 unspecified atom stereocenters. The first-order valence-corrected chi connectivity index (χ1v) is 9.87. The van der Waals surface area contributed by atoms with Crippen LogP contribution in [0.15, 0.2) is 67.1 Å². The molecule has 1 aromatic carbocycles. The van der Waals surface area contributed by atoms with Crippen LogP contribution >= 0.6 is 0 Å². The molecule has 4 aromatic rings. The van der Waals surface area contributed by atoms with Crippen LogP contribution in [0.5, 0.6) is 0 Å². The molecule has 0 spiro atoms. The number of hydrogen-bond donors (Lipinski definition) is 1. The van der Waals surface area contributed by atoms with E-state index in [1.54, 1.807) is 0 Å². The molecule has 1 fully saturated rings. The standard InChI is InChI=1S/C23H23N5O/c1-17-2-3-18(16-25-17)22-9-8-21(23-24-10-11-28(22)23)26-19-4-6-20(7-5-19)27-12-14-29-15-13-27/h2-11,16,26H,12-15H2,1H3. The van der Waals surface area contributed by atoms with E-state index in [9.17, 15) is 0 Å². The van der Waals surface area contributed by atoms with E-state index in [4.69, 9.17) is 4.74 Å². The highest BCUT2D eigenvalue weighted by Crippen LogP contribution is 2.28. The largest absolute Gasteiger partial charge is 0.378 e. The number of imidazole rings is 1. The van der Waals surface area contributed by atoms with Crippen molar-refractivity contribution >= 4 is 22.7 Å². The van der Waals surface area contributed by atoms with Gasteiger partial charge in [-0.05, 0) is 55.5 Å². The van der Waals surface area contributed by atoms with Gasteiger partial charge >= 0.3 is 0 Å². The zero-order valence-corrected chi connectivity index (χ0v) is 16.4. The average Bonchev–Trinajstić information content (AvgIpc) is 3.26. The molecule has 6 nitrogen and oxygen atoms in total. The first-order valence-electron chi connectivity index (χ1n) is 9.87. The third kappa shape index (κ3) is 3.54. The maximum Gasteiger partial charge on any atom is 0.161 e. The Labute approximate surface area is 169 Å². The van der Waals surface area contributed by atoms with Crippen molar-refractivity contribution in [1.82, 2.24) is 14.4 Å². The van der Waals surface area contributed by atoms with E-state index >= 15 is 0 Å². The number of benzene rings is 1. The lowest BCUT2D eigenvalue weighted by Gasteiger charge is -2.29. The quantitative estimate of drug-likeness (QED) is 0.568. The maximum atomic E-state index is 5.44. The minimum absolute atomic E-state index is 0.792. The fourth-order valence-electron chi connectivity index (χ4n) is 3.70. The number of fused-ring (bicyclic) bond motifs is 1. The number of aromatic nitrogens is 3. The Kier molecular flexibility index (Phi) is 4.62. The smallest absolute Gasteiger partial charge is 0.161 e. The number of hydrogen-bond acceptors (Lipinski definition) is 5. The SMILES string of the molecule is Cc1ccc(-c2ccc(Nc3ccc(N4CCOCC4)cc3)c3nccn23)cn1. The van der Waals surface area contributed by atoms with E-state index in [0.29, 0.717) is 0 Å². The summed E-state index contributed by atoms with van der Waals surface area (Å²) in [5, 5.41) is 3.51. The molecule has 0 atom stereocenters. The predicted octanol–water partition coefficient (Wildman–Crippen LogP) is 4.28. The first kappa shape index (κ1) is 17.7. The Morgan fingerprint density at radius 1 is 0.931 bits per heavy atom. The average molecular weight is 385 g/mol. The zero-order chi connectivity index (χ0) is 19.6. The van der Waals surface area contributed by atoms with Crippen LogP contribution in [-0.4, -0.2) is 40.7 Å². The van der Waals surface area contributed by atoms with E-state index in [-0.39, 0.29) is 0 Å². The van der Waals surface area contributed by atoms with Crippen LogP contribution in [0.4, 0.5) is 17.1 Å². The zero-order valence-electron chi connectivity index (χ0n) is 16.4. The van der Waals surface area contributed by atoms with Gasteiger partial charge in [0.25, 0.3) is 0 Å². The Morgan fingerprint density at radius 2 is 1.76 bits per heavy atom. The molecule has 29 heavy (non-hydrogen) atoms. The predicted molar refractivity (Wildman–Crippen MR) is 116 cm³/mol. The number of aryl methyl sites for hydroxylation is 1. The number of morpholine rings is 1. The van der Waals surface area contributed by atoms with Crippen molar-refractivity contribution in [2.75, 3.05) is 36.5 Å². The molecule has 1 saturated heterocycles. The van der Waals surface area contributed by atoms with Crippen LogP contribution in [0.25, 0.3) is 16.9 Å². The molecule has 1 aliphatic rings. The number of pyridine rings is 2. The van der Waals surface area contributed by atoms with E-state index < -0.39 is 0 Å². The number of nitrogens with one attached hydrogen (secondary N) is 1. The molecular formula is C23H23N5O. The molecule has 0 radical (unpaired) electrons. The van der Waals surface area contributed by atoms with Gasteiger partial charge in [0.05, 0.1) is 24.6 Å². The van der Waals surface area contributed by atoms with E-state index in [1.807, 2.05) is 31.6 Å². The topological polar surface area (TPSA) is 54.7 Å². The van der Waals surface area contributed by atoms with Crippen molar-refractivity contribution in [3.8, 4) is 11.3 Å². The van der Waals surface area contributed by atoms with E-state index in [2.05, 4.69) is 67.0 Å². The first-order chi connectivity index (χ1) is 14.3. The fourth-order valence-corrected chi connectivity index (χ4v) is 3.70. The summed E-state index contributed by atoms with van der Waals surface area (Å²) in [6.07, 6.45) is 5.71. The highest BCUT2D eigenvalue weighted by molar-refractivity contribution is 5.78. The molecule has 6 heteroatoms. The molecule has 1 aliphatic heterocycles. The van der Waals surface area contributed by atoms with Gasteiger partial charge in [-0.3, -0.25) is 9.38 Å². The van der Waals surface area contributed by atoms with Gasteiger partial charge in [0, 0.05) is 54.3 Å². The summed E-state index contributed by atoms with van der Waals surface area (Å²) in [6, 6.07) is 16.8. The van der Waals surface area contributed by atoms with Gasteiger partial charge < -0.3 is 15.0 Å². The highest BCUT2D eigenvalue weighted by atomic mass is 16.5. The van der Waals surface area contributed by atoms with Crippen LogP contribution in [0.2, 0.25) is 0 Å². The molecule has 1 N–H and O–H groups in total. The molecule has 4 heterocycles. The number of ether oxygens (including phenoxy) is 1. The minimum atomic E-state index is 0.792. The van der Waals surface area contributed by atoms with Crippen molar-refractivity contribution in [3.05, 3.63) is 72.8 Å². The van der Waals surface area contributed by atoms with Gasteiger partial charge in [-0.15, -0.1) is 0 Å². The molecule has 0 aliphatic carbocycles. The second kappa shape index (κ2) is 7.56. The Bertz CT molecular complexity index is 1110. The third-order valence-corrected chi connectivity index (χ3v) is 5.28. The minimum Gasteiger partial charge on any atom is -0.378 e. The lowest BCUT2D eigenvalue weighted by molar-refractivity contribution is 0.122. The lowest BCUT2D eigenvalue weighted by atomic mass is 10.1. The summed E-state index contributed by atoms with van der Waals surface area (Å²) in [4.78, 5) is 11.3. The van der Waals surface area contributed by atoms with Gasteiger partial charge in [0.2, 0.25) is 0 Å². The van der Waals surface area contributed by atoms with Crippen LogP contribution in [0.3, 0.4) is 0 Å². The summed E-state index contributed by atoms with van der Waals surface area (Å²) >= 11 is 0. The molecule has 0 amide bonds. The molecule has 3 aromatic heterocycles. The maximum absolute atomic E-state index is 5.44. The number of anilines is 3. The molecule has 146 valence electrons. The van der Waals surface area contributed by atoms with Gasteiger partial charge in [0.1, 0.15) is 0 Å². The summed E-state index contributed by atoms with van der Waals surface area (Å²) in [6.45, 7) is 5.46. The highest BCUT2D eigenvalue weighted by Gasteiger charge is 2.12. The number of rotatable bonds is 4. The summed E-state index contributed by atoms with van der Waals surface area (Å²) in [7, 11) is 0. The molecule has 0 saturated carbocycles. The second-order valence-corrected chi connectivity index (χ2v) is 7.21. The fraction of sp³-hybridized carbons (Fsp3) is 0.217. The Morgan fingerprint density at radius 3 is 2.52 bits per heavy atom. The van der Waals surface area contributed by atoms with Crippen molar-refractivity contribution in [2.24, 2.45) is 0 Å². The van der Waals surface area contributed by atoms with E-state index in [1.165, 1.54) is 5.69 Å². The normalized spacial score (nSPS) is 14.3. The van der Waals surface area contributed by atoms with Gasteiger partial charge in [-0.2, -0.15) is 0 Å².